The largest absolute Gasteiger partial charge is 0.308 e. The average Bonchev–Trinajstić information content (AvgIpc) is 2.20. The van der Waals surface area contributed by atoms with Gasteiger partial charge in [0.1, 0.15) is 5.82 Å². The third-order valence-electron chi connectivity index (χ3n) is 2.65. The Bertz CT molecular complexity index is 336. The fourth-order valence-electron chi connectivity index (χ4n) is 1.14. The maximum Gasteiger partial charge on any atom is 0.127 e. The van der Waals surface area contributed by atoms with Crippen molar-refractivity contribution >= 4 is 11.6 Å². The van der Waals surface area contributed by atoms with Crippen LogP contribution < -0.4 is 5.32 Å². The van der Waals surface area contributed by atoms with E-state index in [0.29, 0.717) is 17.1 Å². The molecule has 0 heterocycles. The molecule has 0 aliphatic carbocycles. The van der Waals surface area contributed by atoms with Gasteiger partial charge in [0.15, 0.2) is 0 Å². The molecule has 1 nitrogen and oxygen atoms in total. The normalized spacial score (nSPS) is 11.8. The van der Waals surface area contributed by atoms with E-state index in [4.69, 9.17) is 11.6 Å². The molecule has 1 rings (SSSR count). The molecule has 0 fully saturated rings. The molecule has 0 radical (unpaired) electrons. The fourth-order valence-corrected chi connectivity index (χ4v) is 1.33. The van der Waals surface area contributed by atoms with Crippen LogP contribution >= 0.6 is 11.6 Å². The molecule has 0 aliphatic heterocycles. The van der Waals surface area contributed by atoms with Crippen molar-refractivity contribution in [2.24, 2.45) is 0 Å². The lowest BCUT2D eigenvalue weighted by Crippen LogP contribution is -2.38. The Kier molecular flexibility index (Phi) is 4.12. The molecule has 3 heteroatoms. The van der Waals surface area contributed by atoms with Gasteiger partial charge in [-0.05, 0) is 38.5 Å². The lowest BCUT2D eigenvalue weighted by Gasteiger charge is -2.24. The van der Waals surface area contributed by atoms with Crippen molar-refractivity contribution in [1.29, 1.82) is 0 Å². The van der Waals surface area contributed by atoms with Gasteiger partial charge in [0.2, 0.25) is 0 Å². The van der Waals surface area contributed by atoms with E-state index in [1.54, 1.807) is 12.1 Å². The number of halogens is 2. The molecule has 0 atom stereocenters. The smallest absolute Gasteiger partial charge is 0.127 e. The van der Waals surface area contributed by atoms with Crippen LogP contribution in [0.15, 0.2) is 18.2 Å². The summed E-state index contributed by atoms with van der Waals surface area (Å²) in [5.41, 5.74) is 0.637. The van der Waals surface area contributed by atoms with E-state index in [9.17, 15) is 4.39 Å². The first kappa shape index (κ1) is 12.5. The van der Waals surface area contributed by atoms with Gasteiger partial charge in [-0.15, -0.1) is 0 Å². The highest BCUT2D eigenvalue weighted by Gasteiger charge is 2.14. The van der Waals surface area contributed by atoms with Crippen molar-refractivity contribution in [2.45, 2.75) is 39.3 Å². The minimum atomic E-state index is -0.209. The van der Waals surface area contributed by atoms with Gasteiger partial charge in [0.25, 0.3) is 0 Å². The fraction of sp³-hybridized carbons (Fsp3) is 0.500. The highest BCUT2D eigenvalue weighted by Crippen LogP contribution is 2.16. The topological polar surface area (TPSA) is 12.0 Å². The minimum absolute atomic E-state index is 0.0226. The molecule has 0 saturated heterocycles. The molecule has 0 aromatic heterocycles. The lowest BCUT2D eigenvalue weighted by atomic mass is 10.0. The standard InChI is InChI=1S/C12H17ClFN/c1-4-12(2,3)15-8-9-7-10(13)5-6-11(9)14/h5-7,15H,4,8H2,1-3H3. The van der Waals surface area contributed by atoms with Crippen molar-refractivity contribution in [3.8, 4) is 0 Å². The predicted octanol–water partition coefficient (Wildman–Crippen LogP) is 3.76. The zero-order valence-electron chi connectivity index (χ0n) is 9.40. The quantitative estimate of drug-likeness (QED) is 0.829. The summed E-state index contributed by atoms with van der Waals surface area (Å²) in [6, 6.07) is 4.62. The molecule has 1 aromatic carbocycles. The van der Waals surface area contributed by atoms with Crippen molar-refractivity contribution in [3.63, 3.8) is 0 Å². The summed E-state index contributed by atoms with van der Waals surface area (Å²) in [7, 11) is 0. The van der Waals surface area contributed by atoms with Crippen LogP contribution in [-0.2, 0) is 6.54 Å². The van der Waals surface area contributed by atoms with Crippen molar-refractivity contribution in [3.05, 3.63) is 34.6 Å². The SMILES string of the molecule is CCC(C)(C)NCc1cc(Cl)ccc1F. The molecular weight excluding hydrogens is 213 g/mol. The molecule has 0 bridgehead atoms. The third kappa shape index (κ3) is 3.80. The third-order valence-corrected chi connectivity index (χ3v) is 2.88. The summed E-state index contributed by atoms with van der Waals surface area (Å²) in [5.74, 6) is -0.209. The van der Waals surface area contributed by atoms with Gasteiger partial charge in [-0.25, -0.2) is 4.39 Å². The Hall–Kier alpha value is -0.600. The molecule has 0 amide bonds. The summed E-state index contributed by atoms with van der Waals surface area (Å²) in [6.07, 6.45) is 0.995. The molecule has 84 valence electrons. The summed E-state index contributed by atoms with van der Waals surface area (Å²) < 4.78 is 13.4. The summed E-state index contributed by atoms with van der Waals surface area (Å²) >= 11 is 5.81. The van der Waals surface area contributed by atoms with E-state index in [1.165, 1.54) is 6.07 Å². The van der Waals surface area contributed by atoms with Crippen LogP contribution in [-0.4, -0.2) is 5.54 Å². The molecule has 1 N–H and O–H groups in total. The Morgan fingerprint density at radius 3 is 2.67 bits per heavy atom. The van der Waals surface area contributed by atoms with Crippen molar-refractivity contribution in [2.75, 3.05) is 0 Å². The number of hydrogen-bond acceptors (Lipinski definition) is 1. The molecule has 0 spiro atoms. The second kappa shape index (κ2) is 4.95. The Balaban J connectivity index is 2.69. The van der Waals surface area contributed by atoms with E-state index in [1.807, 2.05) is 0 Å². The van der Waals surface area contributed by atoms with Gasteiger partial charge in [0, 0.05) is 22.7 Å². The van der Waals surface area contributed by atoms with Crippen molar-refractivity contribution < 1.29 is 4.39 Å². The number of hydrogen-bond donors (Lipinski definition) is 1. The van der Waals surface area contributed by atoms with E-state index in [-0.39, 0.29) is 11.4 Å². The van der Waals surface area contributed by atoms with Crippen molar-refractivity contribution in [1.82, 2.24) is 5.32 Å². The predicted molar refractivity (Wildman–Crippen MR) is 62.6 cm³/mol. The first-order valence-electron chi connectivity index (χ1n) is 5.13. The van der Waals surface area contributed by atoms with Crippen LogP contribution in [0, 0.1) is 5.82 Å². The van der Waals surface area contributed by atoms with Crippen LogP contribution in [0.2, 0.25) is 5.02 Å². The van der Waals surface area contributed by atoms with Gasteiger partial charge >= 0.3 is 0 Å². The molecule has 0 saturated carbocycles. The number of benzene rings is 1. The molecule has 0 unspecified atom stereocenters. The van der Waals surface area contributed by atoms with Gasteiger partial charge < -0.3 is 5.32 Å². The lowest BCUT2D eigenvalue weighted by molar-refractivity contribution is 0.371. The van der Waals surface area contributed by atoms with Crippen LogP contribution in [0.25, 0.3) is 0 Å². The van der Waals surface area contributed by atoms with Crippen LogP contribution in [0.1, 0.15) is 32.8 Å². The average molecular weight is 230 g/mol. The Morgan fingerprint density at radius 1 is 1.40 bits per heavy atom. The summed E-state index contributed by atoms with van der Waals surface area (Å²) in [4.78, 5) is 0. The zero-order valence-corrected chi connectivity index (χ0v) is 10.2. The first-order valence-corrected chi connectivity index (χ1v) is 5.51. The zero-order chi connectivity index (χ0) is 11.5. The molecule has 1 aromatic rings. The van der Waals surface area contributed by atoms with Gasteiger partial charge in [-0.3, -0.25) is 0 Å². The van der Waals surface area contributed by atoms with Crippen LogP contribution in [0.5, 0.6) is 0 Å². The molecular formula is C12H17ClFN. The highest BCUT2D eigenvalue weighted by atomic mass is 35.5. The number of rotatable bonds is 4. The van der Waals surface area contributed by atoms with Gasteiger partial charge in [-0.1, -0.05) is 18.5 Å². The highest BCUT2D eigenvalue weighted by molar-refractivity contribution is 6.30. The summed E-state index contributed by atoms with van der Waals surface area (Å²) in [5, 5.41) is 3.87. The molecule has 15 heavy (non-hydrogen) atoms. The summed E-state index contributed by atoms with van der Waals surface area (Å²) in [6.45, 7) is 6.79. The second-order valence-electron chi connectivity index (χ2n) is 4.33. The number of nitrogens with one attached hydrogen (secondary N) is 1. The first-order chi connectivity index (χ1) is 6.94. The van der Waals surface area contributed by atoms with Gasteiger partial charge in [-0.2, -0.15) is 0 Å². The van der Waals surface area contributed by atoms with E-state index in [2.05, 4.69) is 26.1 Å². The maximum atomic E-state index is 13.4. The van der Waals surface area contributed by atoms with E-state index >= 15 is 0 Å². The van der Waals surface area contributed by atoms with Gasteiger partial charge in [0.05, 0.1) is 0 Å². The van der Waals surface area contributed by atoms with Crippen LogP contribution in [0.4, 0.5) is 4.39 Å². The minimum Gasteiger partial charge on any atom is -0.308 e. The Morgan fingerprint density at radius 2 is 2.07 bits per heavy atom. The van der Waals surface area contributed by atoms with Crippen LogP contribution in [0.3, 0.4) is 0 Å². The van der Waals surface area contributed by atoms with E-state index in [0.717, 1.165) is 6.42 Å². The Labute approximate surface area is 95.6 Å². The van der Waals surface area contributed by atoms with E-state index < -0.39 is 0 Å². The molecule has 0 aliphatic rings. The second-order valence-corrected chi connectivity index (χ2v) is 4.76. The maximum absolute atomic E-state index is 13.4. The monoisotopic (exact) mass is 229 g/mol.